The molecule has 2 rings (SSSR count). The number of nitrogens with one attached hydrogen (secondary N) is 2. The third-order valence-electron chi connectivity index (χ3n) is 4.19. The highest BCUT2D eigenvalue weighted by Crippen LogP contribution is 2.23. The second kappa shape index (κ2) is 9.56. The first-order valence-electron chi connectivity index (χ1n) is 9.40. The molecule has 30 heavy (non-hydrogen) atoms. The first kappa shape index (κ1) is 23.1. The molecule has 2 aromatic rings. The summed E-state index contributed by atoms with van der Waals surface area (Å²) in [6, 6.07) is 7.64. The zero-order chi connectivity index (χ0) is 22.5. The van der Waals surface area contributed by atoms with E-state index in [1.54, 1.807) is 33.8 Å². The van der Waals surface area contributed by atoms with Gasteiger partial charge in [-0.3, -0.25) is 4.79 Å². The Morgan fingerprint density at radius 1 is 1.10 bits per heavy atom. The summed E-state index contributed by atoms with van der Waals surface area (Å²) in [6.07, 6.45) is -0.731. The van der Waals surface area contributed by atoms with Crippen molar-refractivity contribution in [2.45, 2.75) is 45.9 Å². The Balaban J connectivity index is 2.16. The summed E-state index contributed by atoms with van der Waals surface area (Å²) in [4.78, 5) is 24.6. The Morgan fingerprint density at radius 2 is 1.80 bits per heavy atom. The van der Waals surface area contributed by atoms with Gasteiger partial charge < -0.3 is 20.1 Å². The normalized spacial score (nSPS) is 12.1. The molecule has 0 heterocycles. The molecule has 0 saturated carbocycles. The van der Waals surface area contributed by atoms with Crippen LogP contribution >= 0.6 is 0 Å². The molecule has 162 valence electrons. The number of benzene rings is 2. The fraction of sp³-hybridized carbons (Fsp3) is 0.364. The van der Waals surface area contributed by atoms with Crippen molar-refractivity contribution in [2.24, 2.45) is 0 Å². The summed E-state index contributed by atoms with van der Waals surface area (Å²) in [7, 11) is 1.43. The molecule has 2 N–H and O–H groups in total. The summed E-state index contributed by atoms with van der Waals surface area (Å²) in [6.45, 7) is 6.48. The SMILES string of the molecule is COc1ccc(C(C)NC(=O)c2cccc(F)c2CNC(=O)OC(C)(C)C)c(F)c1. The summed E-state index contributed by atoms with van der Waals surface area (Å²) in [5.74, 6) is -1.43. The maximum absolute atomic E-state index is 14.4. The third kappa shape index (κ3) is 6.17. The van der Waals surface area contributed by atoms with Crippen molar-refractivity contribution in [3.63, 3.8) is 0 Å². The van der Waals surface area contributed by atoms with Gasteiger partial charge in [0.15, 0.2) is 0 Å². The molecule has 0 bridgehead atoms. The highest BCUT2D eigenvalue weighted by Gasteiger charge is 2.21. The van der Waals surface area contributed by atoms with Crippen molar-refractivity contribution in [3.05, 3.63) is 64.7 Å². The fourth-order valence-electron chi connectivity index (χ4n) is 2.76. The van der Waals surface area contributed by atoms with Crippen LogP contribution in [-0.4, -0.2) is 24.7 Å². The molecule has 0 aromatic heterocycles. The van der Waals surface area contributed by atoms with E-state index in [1.165, 1.54) is 37.4 Å². The van der Waals surface area contributed by atoms with Gasteiger partial charge in [0.1, 0.15) is 23.0 Å². The van der Waals surface area contributed by atoms with E-state index in [-0.39, 0.29) is 23.2 Å². The smallest absolute Gasteiger partial charge is 0.407 e. The summed E-state index contributed by atoms with van der Waals surface area (Å²) < 4.78 is 38.7. The molecule has 2 amide bonds. The van der Waals surface area contributed by atoms with E-state index < -0.39 is 35.3 Å². The van der Waals surface area contributed by atoms with Gasteiger partial charge in [0.25, 0.3) is 5.91 Å². The van der Waals surface area contributed by atoms with Gasteiger partial charge in [-0.25, -0.2) is 13.6 Å². The molecule has 1 atom stereocenters. The van der Waals surface area contributed by atoms with Crippen molar-refractivity contribution in [2.75, 3.05) is 7.11 Å². The molecule has 0 fully saturated rings. The van der Waals surface area contributed by atoms with E-state index in [1.807, 2.05) is 0 Å². The number of methoxy groups -OCH3 is 1. The maximum atomic E-state index is 14.4. The lowest BCUT2D eigenvalue weighted by Gasteiger charge is -2.20. The van der Waals surface area contributed by atoms with E-state index in [2.05, 4.69) is 10.6 Å². The van der Waals surface area contributed by atoms with Crippen LogP contribution in [0.1, 0.15) is 55.2 Å². The molecule has 1 unspecified atom stereocenters. The Bertz CT molecular complexity index is 926. The number of carbonyl (C=O) groups is 2. The van der Waals surface area contributed by atoms with Crippen LogP contribution in [0.25, 0.3) is 0 Å². The first-order chi connectivity index (χ1) is 14.0. The average molecular weight is 420 g/mol. The second-order valence-corrected chi connectivity index (χ2v) is 7.70. The molecular formula is C22H26F2N2O4. The topological polar surface area (TPSA) is 76.7 Å². The van der Waals surface area contributed by atoms with Crippen LogP contribution in [0.3, 0.4) is 0 Å². The largest absolute Gasteiger partial charge is 0.497 e. The van der Waals surface area contributed by atoms with E-state index in [0.717, 1.165) is 0 Å². The highest BCUT2D eigenvalue weighted by molar-refractivity contribution is 5.96. The lowest BCUT2D eigenvalue weighted by Crippen LogP contribution is -2.33. The average Bonchev–Trinajstić information content (AvgIpc) is 2.65. The van der Waals surface area contributed by atoms with E-state index in [4.69, 9.17) is 9.47 Å². The van der Waals surface area contributed by atoms with Crippen molar-refractivity contribution in [3.8, 4) is 5.75 Å². The molecule has 0 saturated heterocycles. The van der Waals surface area contributed by atoms with Gasteiger partial charge in [-0.15, -0.1) is 0 Å². The molecule has 0 spiro atoms. The third-order valence-corrected chi connectivity index (χ3v) is 4.19. The zero-order valence-corrected chi connectivity index (χ0v) is 17.6. The highest BCUT2D eigenvalue weighted by atomic mass is 19.1. The van der Waals surface area contributed by atoms with Crippen molar-refractivity contribution in [1.82, 2.24) is 10.6 Å². The Labute approximate surface area is 174 Å². The van der Waals surface area contributed by atoms with E-state index in [9.17, 15) is 18.4 Å². The van der Waals surface area contributed by atoms with Crippen LogP contribution < -0.4 is 15.4 Å². The van der Waals surface area contributed by atoms with Gasteiger partial charge in [0.05, 0.1) is 13.2 Å². The van der Waals surface area contributed by atoms with Gasteiger partial charge in [0.2, 0.25) is 0 Å². The Morgan fingerprint density at radius 3 is 2.40 bits per heavy atom. The maximum Gasteiger partial charge on any atom is 0.407 e. The minimum absolute atomic E-state index is 0.00302. The van der Waals surface area contributed by atoms with Crippen LogP contribution in [0.15, 0.2) is 36.4 Å². The molecule has 0 aliphatic carbocycles. The van der Waals surface area contributed by atoms with Crippen molar-refractivity contribution < 1.29 is 27.8 Å². The van der Waals surface area contributed by atoms with Gasteiger partial charge in [-0.05, 0) is 45.9 Å². The Kier molecular flexibility index (Phi) is 7.37. The second-order valence-electron chi connectivity index (χ2n) is 7.70. The molecule has 0 radical (unpaired) electrons. The predicted octanol–water partition coefficient (Wildman–Crippen LogP) is 4.49. The monoisotopic (exact) mass is 420 g/mol. The number of amides is 2. The van der Waals surface area contributed by atoms with E-state index in [0.29, 0.717) is 5.75 Å². The van der Waals surface area contributed by atoms with Crippen LogP contribution in [-0.2, 0) is 11.3 Å². The Hall–Kier alpha value is -3.16. The van der Waals surface area contributed by atoms with Gasteiger partial charge in [-0.2, -0.15) is 0 Å². The quantitative estimate of drug-likeness (QED) is 0.722. The van der Waals surface area contributed by atoms with Gasteiger partial charge in [-0.1, -0.05) is 12.1 Å². The summed E-state index contributed by atoms with van der Waals surface area (Å²) >= 11 is 0. The molecule has 6 nitrogen and oxygen atoms in total. The van der Waals surface area contributed by atoms with Crippen LogP contribution in [0.2, 0.25) is 0 Å². The van der Waals surface area contributed by atoms with Crippen molar-refractivity contribution >= 4 is 12.0 Å². The minimum atomic E-state index is -0.731. The first-order valence-corrected chi connectivity index (χ1v) is 9.40. The number of rotatable bonds is 6. The summed E-state index contributed by atoms with van der Waals surface area (Å²) in [5, 5.41) is 5.10. The fourth-order valence-corrected chi connectivity index (χ4v) is 2.76. The molecule has 0 aliphatic heterocycles. The molecular weight excluding hydrogens is 394 g/mol. The number of hydrogen-bond acceptors (Lipinski definition) is 4. The molecule has 8 heteroatoms. The summed E-state index contributed by atoms with van der Waals surface area (Å²) in [5.41, 5.74) is -0.415. The van der Waals surface area contributed by atoms with Crippen molar-refractivity contribution in [1.29, 1.82) is 0 Å². The number of halogens is 2. The molecule has 0 aliphatic rings. The van der Waals surface area contributed by atoms with Crippen LogP contribution in [0.5, 0.6) is 5.75 Å². The minimum Gasteiger partial charge on any atom is -0.497 e. The zero-order valence-electron chi connectivity index (χ0n) is 17.6. The lowest BCUT2D eigenvalue weighted by molar-refractivity contribution is 0.0522. The molecule has 2 aromatic carbocycles. The van der Waals surface area contributed by atoms with E-state index >= 15 is 0 Å². The lowest BCUT2D eigenvalue weighted by atomic mass is 10.0. The number of carbonyl (C=O) groups excluding carboxylic acids is 2. The van der Waals surface area contributed by atoms with Crippen LogP contribution in [0.4, 0.5) is 13.6 Å². The standard InChI is InChI=1S/C22H26F2N2O4/c1-13(15-10-9-14(29-5)11-19(15)24)26-20(27)16-7-6-8-18(23)17(16)12-25-21(28)30-22(2,3)4/h6-11,13H,12H2,1-5H3,(H,25,28)(H,26,27). The number of ether oxygens (including phenoxy) is 2. The predicted molar refractivity (Wildman–Crippen MR) is 108 cm³/mol. The van der Waals surface area contributed by atoms with Crippen LogP contribution in [0, 0.1) is 11.6 Å². The van der Waals surface area contributed by atoms with Gasteiger partial charge in [0, 0.05) is 29.3 Å². The van der Waals surface area contributed by atoms with Gasteiger partial charge >= 0.3 is 6.09 Å². The number of hydrogen-bond donors (Lipinski definition) is 2. The number of alkyl carbamates (subject to hydrolysis) is 1.